The van der Waals surface area contributed by atoms with Gasteiger partial charge in [-0.05, 0) is 25.1 Å². The molecule has 1 amide bonds. The molecule has 0 fully saturated rings. The lowest BCUT2D eigenvalue weighted by Gasteiger charge is -2.17. The van der Waals surface area contributed by atoms with E-state index in [2.05, 4.69) is 4.98 Å². The molecule has 0 aliphatic carbocycles. The van der Waals surface area contributed by atoms with E-state index in [4.69, 9.17) is 4.74 Å². The summed E-state index contributed by atoms with van der Waals surface area (Å²) in [5, 5.41) is 11.4. The van der Waals surface area contributed by atoms with Crippen molar-refractivity contribution in [3.63, 3.8) is 0 Å². The number of fused-ring (bicyclic) bond motifs is 1. The van der Waals surface area contributed by atoms with Gasteiger partial charge in [0.05, 0.1) is 21.2 Å². The zero-order valence-corrected chi connectivity index (χ0v) is 14.2. The molecule has 0 aliphatic rings. The molecule has 0 saturated carbocycles. The van der Waals surface area contributed by atoms with Gasteiger partial charge in [0.25, 0.3) is 11.6 Å². The van der Waals surface area contributed by atoms with Gasteiger partial charge in [-0.25, -0.2) is 4.98 Å². The predicted molar refractivity (Wildman–Crippen MR) is 96.2 cm³/mol. The first-order valence-electron chi connectivity index (χ1n) is 7.61. The SMILES string of the molecule is CCN(C(=O)COc1cccc([N+](=O)[O-])c1)c1nc2ccccc2s1. The van der Waals surface area contributed by atoms with Crippen LogP contribution in [0.3, 0.4) is 0 Å². The van der Waals surface area contributed by atoms with E-state index in [1.165, 1.54) is 29.5 Å². The highest BCUT2D eigenvalue weighted by Gasteiger charge is 2.19. The number of aromatic nitrogens is 1. The van der Waals surface area contributed by atoms with Crippen LogP contribution in [-0.2, 0) is 4.79 Å². The van der Waals surface area contributed by atoms with Gasteiger partial charge < -0.3 is 4.74 Å². The molecule has 0 atom stereocenters. The summed E-state index contributed by atoms with van der Waals surface area (Å²) < 4.78 is 6.42. The van der Waals surface area contributed by atoms with Crippen molar-refractivity contribution in [2.75, 3.05) is 18.1 Å². The Hall–Kier alpha value is -3.00. The van der Waals surface area contributed by atoms with Gasteiger partial charge in [0.1, 0.15) is 5.75 Å². The van der Waals surface area contributed by atoms with E-state index >= 15 is 0 Å². The second-order valence-electron chi connectivity index (χ2n) is 5.15. The Morgan fingerprint density at radius 3 is 2.80 bits per heavy atom. The summed E-state index contributed by atoms with van der Waals surface area (Å²) in [6, 6.07) is 13.4. The third-order valence-corrected chi connectivity index (χ3v) is 4.58. The molecular weight excluding hydrogens is 342 g/mol. The number of amides is 1. The smallest absolute Gasteiger partial charge is 0.273 e. The molecule has 0 spiro atoms. The van der Waals surface area contributed by atoms with Crippen LogP contribution >= 0.6 is 11.3 Å². The van der Waals surface area contributed by atoms with Crippen LogP contribution in [0.5, 0.6) is 5.75 Å². The molecule has 0 saturated heterocycles. The molecule has 128 valence electrons. The summed E-state index contributed by atoms with van der Waals surface area (Å²) in [5.74, 6) is 0.0240. The lowest BCUT2D eigenvalue weighted by molar-refractivity contribution is -0.384. The van der Waals surface area contributed by atoms with E-state index in [0.717, 1.165) is 10.2 Å². The van der Waals surface area contributed by atoms with Crippen LogP contribution in [0.1, 0.15) is 6.92 Å². The Morgan fingerprint density at radius 2 is 2.08 bits per heavy atom. The first-order valence-corrected chi connectivity index (χ1v) is 8.43. The normalized spacial score (nSPS) is 10.6. The summed E-state index contributed by atoms with van der Waals surface area (Å²) in [7, 11) is 0. The zero-order chi connectivity index (χ0) is 17.8. The summed E-state index contributed by atoms with van der Waals surface area (Å²) >= 11 is 1.44. The number of hydrogen-bond acceptors (Lipinski definition) is 6. The standard InChI is InChI=1S/C17H15N3O4S/c1-2-19(17-18-14-8-3-4-9-15(14)25-17)16(21)11-24-13-7-5-6-12(10-13)20(22)23/h3-10H,2,11H2,1H3. The van der Waals surface area contributed by atoms with Gasteiger partial charge in [0.15, 0.2) is 11.7 Å². The second-order valence-corrected chi connectivity index (χ2v) is 6.15. The topological polar surface area (TPSA) is 85.6 Å². The number of nitro groups is 1. The number of para-hydroxylation sites is 1. The fraction of sp³-hybridized carbons (Fsp3) is 0.176. The summed E-state index contributed by atoms with van der Waals surface area (Å²) in [6.45, 7) is 2.10. The number of carbonyl (C=O) groups excluding carboxylic acids is 1. The molecule has 2 aromatic carbocycles. The van der Waals surface area contributed by atoms with Gasteiger partial charge in [-0.15, -0.1) is 0 Å². The number of thiazole rings is 1. The van der Waals surface area contributed by atoms with E-state index in [1.54, 1.807) is 11.0 Å². The predicted octanol–water partition coefficient (Wildman–Crippen LogP) is 3.64. The monoisotopic (exact) mass is 357 g/mol. The molecule has 3 rings (SSSR count). The third-order valence-electron chi connectivity index (χ3n) is 3.52. The van der Waals surface area contributed by atoms with Crippen LogP contribution in [0, 0.1) is 10.1 Å². The highest BCUT2D eigenvalue weighted by molar-refractivity contribution is 7.22. The number of nitrogens with zero attached hydrogens (tertiary/aromatic N) is 3. The minimum absolute atomic E-state index is 0.0801. The molecule has 3 aromatic rings. The first kappa shape index (κ1) is 16.8. The lowest BCUT2D eigenvalue weighted by atomic mass is 10.3. The van der Waals surface area contributed by atoms with Crippen molar-refractivity contribution in [1.29, 1.82) is 0 Å². The van der Waals surface area contributed by atoms with Crippen molar-refractivity contribution >= 4 is 38.3 Å². The maximum atomic E-state index is 12.5. The average molecular weight is 357 g/mol. The number of non-ortho nitro benzene ring substituents is 1. The molecule has 0 N–H and O–H groups in total. The van der Waals surface area contributed by atoms with Gasteiger partial charge in [0.2, 0.25) is 0 Å². The Bertz CT molecular complexity index is 892. The van der Waals surface area contributed by atoms with Crippen LogP contribution in [0.2, 0.25) is 0 Å². The van der Waals surface area contributed by atoms with Gasteiger partial charge in [-0.1, -0.05) is 29.5 Å². The Balaban J connectivity index is 1.72. The zero-order valence-electron chi connectivity index (χ0n) is 13.4. The van der Waals surface area contributed by atoms with E-state index in [-0.39, 0.29) is 24.0 Å². The number of carbonyl (C=O) groups is 1. The minimum atomic E-state index is -0.506. The number of hydrogen-bond donors (Lipinski definition) is 0. The lowest BCUT2D eigenvalue weighted by Crippen LogP contribution is -2.34. The van der Waals surface area contributed by atoms with Crippen molar-refractivity contribution in [2.45, 2.75) is 6.92 Å². The van der Waals surface area contributed by atoms with Crippen molar-refractivity contribution in [3.8, 4) is 5.75 Å². The molecule has 0 bridgehead atoms. The van der Waals surface area contributed by atoms with Crippen LogP contribution in [-0.4, -0.2) is 29.0 Å². The molecule has 1 heterocycles. The van der Waals surface area contributed by atoms with E-state index < -0.39 is 4.92 Å². The number of ether oxygens (including phenoxy) is 1. The maximum absolute atomic E-state index is 12.5. The summed E-state index contributed by atoms with van der Waals surface area (Å²) in [4.78, 5) is 28.8. The number of rotatable bonds is 6. The number of anilines is 1. The number of likely N-dealkylation sites (N-methyl/N-ethyl adjacent to an activating group) is 1. The van der Waals surface area contributed by atoms with E-state index in [0.29, 0.717) is 11.7 Å². The van der Waals surface area contributed by atoms with Gasteiger partial charge in [-0.3, -0.25) is 19.8 Å². The highest BCUT2D eigenvalue weighted by Crippen LogP contribution is 2.28. The maximum Gasteiger partial charge on any atom is 0.273 e. The summed E-state index contributed by atoms with van der Waals surface area (Å²) in [5.41, 5.74) is 0.761. The largest absolute Gasteiger partial charge is 0.483 e. The van der Waals surface area contributed by atoms with E-state index in [9.17, 15) is 14.9 Å². The third kappa shape index (κ3) is 3.74. The van der Waals surface area contributed by atoms with Crippen molar-refractivity contribution in [1.82, 2.24) is 4.98 Å². The second kappa shape index (κ2) is 7.27. The van der Waals surface area contributed by atoms with Crippen LogP contribution in [0.15, 0.2) is 48.5 Å². The fourth-order valence-corrected chi connectivity index (χ4v) is 3.35. The average Bonchev–Trinajstić information content (AvgIpc) is 3.04. The minimum Gasteiger partial charge on any atom is -0.483 e. The Labute approximate surface area is 147 Å². The molecule has 8 heteroatoms. The highest BCUT2D eigenvalue weighted by atomic mass is 32.1. The van der Waals surface area contributed by atoms with Crippen molar-refractivity contribution in [2.24, 2.45) is 0 Å². The van der Waals surface area contributed by atoms with Crippen LogP contribution < -0.4 is 9.64 Å². The Morgan fingerprint density at radius 1 is 1.28 bits per heavy atom. The van der Waals surface area contributed by atoms with Crippen molar-refractivity contribution < 1.29 is 14.5 Å². The van der Waals surface area contributed by atoms with Gasteiger partial charge >= 0.3 is 0 Å². The molecular formula is C17H15N3O4S. The fourth-order valence-electron chi connectivity index (χ4n) is 2.30. The van der Waals surface area contributed by atoms with E-state index in [1.807, 2.05) is 31.2 Å². The van der Waals surface area contributed by atoms with Crippen LogP contribution in [0.4, 0.5) is 10.8 Å². The number of benzene rings is 2. The molecule has 7 nitrogen and oxygen atoms in total. The molecule has 0 radical (unpaired) electrons. The Kier molecular flexibility index (Phi) is 4.90. The van der Waals surface area contributed by atoms with Gasteiger partial charge in [0, 0.05) is 12.6 Å². The molecule has 1 aromatic heterocycles. The number of nitro benzene ring substituents is 1. The van der Waals surface area contributed by atoms with Gasteiger partial charge in [-0.2, -0.15) is 0 Å². The first-order chi connectivity index (χ1) is 12.1. The quantitative estimate of drug-likeness (QED) is 0.497. The molecule has 0 unspecified atom stereocenters. The van der Waals surface area contributed by atoms with Crippen LogP contribution in [0.25, 0.3) is 10.2 Å². The van der Waals surface area contributed by atoms with Crippen molar-refractivity contribution in [3.05, 3.63) is 58.6 Å². The molecule has 0 aliphatic heterocycles. The summed E-state index contributed by atoms with van der Waals surface area (Å²) in [6.07, 6.45) is 0. The molecule has 25 heavy (non-hydrogen) atoms.